The van der Waals surface area contributed by atoms with Crippen LogP contribution in [0.3, 0.4) is 0 Å². The Morgan fingerprint density at radius 1 is 0.921 bits per heavy atom. The van der Waals surface area contributed by atoms with E-state index in [9.17, 15) is 18.0 Å². The summed E-state index contributed by atoms with van der Waals surface area (Å²) in [4.78, 5) is 28.3. The Kier molecular flexibility index (Phi) is 9.94. The molecule has 38 heavy (non-hydrogen) atoms. The number of hydrogen-bond acceptors (Lipinski definition) is 4. The molecule has 7 nitrogen and oxygen atoms in total. The SMILES string of the molecule is Cc1cccc(CN(C(=O)CN(c2ccccc2Cl)S(=O)(=O)c2ccccc2)[C@@H](C)C(=O)NCC(C)C)c1. The number of para-hydroxylation sites is 1. The first-order valence-electron chi connectivity index (χ1n) is 12.5. The van der Waals surface area contributed by atoms with Crippen molar-refractivity contribution in [3.05, 3.63) is 95.0 Å². The quantitative estimate of drug-likeness (QED) is 0.359. The van der Waals surface area contributed by atoms with Gasteiger partial charge in [-0.15, -0.1) is 0 Å². The molecule has 2 amide bonds. The van der Waals surface area contributed by atoms with Gasteiger partial charge in [-0.1, -0.05) is 85.6 Å². The first-order chi connectivity index (χ1) is 18.0. The van der Waals surface area contributed by atoms with E-state index in [0.717, 1.165) is 15.4 Å². The van der Waals surface area contributed by atoms with E-state index in [1.165, 1.54) is 17.0 Å². The summed E-state index contributed by atoms with van der Waals surface area (Å²) in [6, 6.07) is 21.2. The molecule has 0 aliphatic carbocycles. The average Bonchev–Trinajstić information content (AvgIpc) is 2.89. The Balaban J connectivity index is 2.01. The molecule has 0 aliphatic heterocycles. The number of hydrogen-bond donors (Lipinski definition) is 1. The molecule has 1 atom stereocenters. The molecule has 9 heteroatoms. The summed E-state index contributed by atoms with van der Waals surface area (Å²) in [7, 11) is -4.15. The lowest BCUT2D eigenvalue weighted by atomic mass is 10.1. The highest BCUT2D eigenvalue weighted by molar-refractivity contribution is 7.92. The summed E-state index contributed by atoms with van der Waals surface area (Å²) in [6.45, 7) is 7.62. The summed E-state index contributed by atoms with van der Waals surface area (Å²) in [5, 5.41) is 3.07. The topological polar surface area (TPSA) is 86.8 Å². The van der Waals surface area contributed by atoms with Gasteiger partial charge < -0.3 is 10.2 Å². The largest absolute Gasteiger partial charge is 0.354 e. The van der Waals surface area contributed by atoms with Crippen LogP contribution in [0.25, 0.3) is 0 Å². The molecule has 202 valence electrons. The first kappa shape index (κ1) is 29.2. The van der Waals surface area contributed by atoms with Crippen LogP contribution in [-0.4, -0.2) is 44.3 Å². The van der Waals surface area contributed by atoms with E-state index < -0.39 is 28.5 Å². The molecule has 1 N–H and O–H groups in total. The summed E-state index contributed by atoms with van der Waals surface area (Å²) >= 11 is 6.41. The Bertz CT molecular complexity index is 1360. The first-order valence-corrected chi connectivity index (χ1v) is 14.3. The number of carbonyl (C=O) groups excluding carboxylic acids is 2. The van der Waals surface area contributed by atoms with Crippen LogP contribution in [0.2, 0.25) is 5.02 Å². The maximum absolute atomic E-state index is 13.9. The van der Waals surface area contributed by atoms with Gasteiger partial charge in [0.05, 0.1) is 15.6 Å². The predicted octanol–water partition coefficient (Wildman–Crippen LogP) is 5.03. The second-order valence-corrected chi connectivity index (χ2v) is 11.9. The molecule has 3 aromatic rings. The third kappa shape index (κ3) is 7.36. The summed E-state index contributed by atoms with van der Waals surface area (Å²) in [6.07, 6.45) is 0. The molecular formula is C29H34ClN3O4S. The molecule has 0 unspecified atom stereocenters. The van der Waals surface area contributed by atoms with Crippen molar-refractivity contribution in [3.63, 3.8) is 0 Å². The molecular weight excluding hydrogens is 522 g/mol. The molecule has 3 rings (SSSR count). The number of rotatable bonds is 11. The zero-order chi connectivity index (χ0) is 27.9. The lowest BCUT2D eigenvalue weighted by Gasteiger charge is -2.32. The third-order valence-electron chi connectivity index (χ3n) is 6.02. The molecule has 0 saturated carbocycles. The lowest BCUT2D eigenvalue weighted by molar-refractivity contribution is -0.139. The monoisotopic (exact) mass is 555 g/mol. The van der Waals surface area contributed by atoms with Crippen LogP contribution in [0, 0.1) is 12.8 Å². The molecule has 0 aromatic heterocycles. The number of anilines is 1. The Morgan fingerprint density at radius 3 is 2.21 bits per heavy atom. The number of nitrogens with zero attached hydrogens (tertiary/aromatic N) is 2. The third-order valence-corrected chi connectivity index (χ3v) is 8.11. The molecule has 0 bridgehead atoms. The van der Waals surface area contributed by atoms with E-state index in [4.69, 9.17) is 11.6 Å². The van der Waals surface area contributed by atoms with Crippen molar-refractivity contribution >= 4 is 39.1 Å². The highest BCUT2D eigenvalue weighted by Gasteiger charge is 2.33. The number of amides is 2. The maximum atomic E-state index is 13.9. The number of halogens is 1. The summed E-state index contributed by atoms with van der Waals surface area (Å²) in [5.41, 5.74) is 2.02. The van der Waals surface area contributed by atoms with Crippen LogP contribution in [0.1, 0.15) is 31.9 Å². The summed E-state index contributed by atoms with van der Waals surface area (Å²) in [5.74, 6) is -0.605. The van der Waals surface area contributed by atoms with E-state index in [-0.39, 0.29) is 34.0 Å². The van der Waals surface area contributed by atoms with Crippen molar-refractivity contribution in [1.82, 2.24) is 10.2 Å². The van der Waals surface area contributed by atoms with Crippen molar-refractivity contribution in [2.24, 2.45) is 5.92 Å². The highest BCUT2D eigenvalue weighted by Crippen LogP contribution is 2.30. The minimum atomic E-state index is -4.15. The minimum absolute atomic E-state index is 0.0284. The minimum Gasteiger partial charge on any atom is -0.354 e. The van der Waals surface area contributed by atoms with Crippen molar-refractivity contribution in [1.29, 1.82) is 0 Å². The van der Waals surface area contributed by atoms with E-state index in [1.54, 1.807) is 49.4 Å². The van der Waals surface area contributed by atoms with E-state index >= 15 is 0 Å². The zero-order valence-corrected chi connectivity index (χ0v) is 23.7. The number of nitrogens with one attached hydrogen (secondary N) is 1. The van der Waals surface area contributed by atoms with Gasteiger partial charge in [-0.25, -0.2) is 8.42 Å². The van der Waals surface area contributed by atoms with Crippen molar-refractivity contribution < 1.29 is 18.0 Å². The Morgan fingerprint density at radius 2 is 1.58 bits per heavy atom. The van der Waals surface area contributed by atoms with Crippen molar-refractivity contribution in [3.8, 4) is 0 Å². The molecule has 0 radical (unpaired) electrons. The molecule has 0 spiro atoms. The lowest BCUT2D eigenvalue weighted by Crippen LogP contribution is -2.51. The maximum Gasteiger partial charge on any atom is 0.264 e. The average molecular weight is 556 g/mol. The predicted molar refractivity (Wildman–Crippen MR) is 151 cm³/mol. The van der Waals surface area contributed by atoms with E-state index in [2.05, 4.69) is 5.32 Å². The Hall–Kier alpha value is -3.36. The fourth-order valence-electron chi connectivity index (χ4n) is 3.93. The fourth-order valence-corrected chi connectivity index (χ4v) is 5.67. The Labute approximate surface area is 230 Å². The van der Waals surface area contributed by atoms with Crippen molar-refractivity contribution in [2.45, 2.75) is 45.2 Å². The van der Waals surface area contributed by atoms with Crippen LogP contribution in [0.4, 0.5) is 5.69 Å². The van der Waals surface area contributed by atoms with E-state index in [1.807, 2.05) is 45.0 Å². The molecule has 0 heterocycles. The van der Waals surface area contributed by atoms with Gasteiger partial charge in [-0.05, 0) is 49.6 Å². The summed E-state index contributed by atoms with van der Waals surface area (Å²) < 4.78 is 28.5. The van der Waals surface area contributed by atoms with Gasteiger partial charge in [0.15, 0.2) is 0 Å². The normalized spacial score (nSPS) is 12.2. The van der Waals surface area contributed by atoms with Crippen LogP contribution in [0.5, 0.6) is 0 Å². The fraction of sp³-hybridized carbons (Fsp3) is 0.310. The molecule has 3 aromatic carbocycles. The van der Waals surface area contributed by atoms with Crippen LogP contribution >= 0.6 is 11.6 Å². The van der Waals surface area contributed by atoms with Crippen LogP contribution in [0.15, 0.2) is 83.8 Å². The standard InChI is InChI=1S/C29H34ClN3O4S/c1-21(2)18-31-29(35)23(4)32(19-24-12-10-11-22(3)17-24)28(34)20-33(27-16-9-8-15-26(27)30)38(36,37)25-13-6-5-7-14-25/h5-17,21,23H,18-20H2,1-4H3,(H,31,35)/t23-/m0/s1. The molecule has 0 aliphatic rings. The van der Waals surface area contributed by atoms with Gasteiger partial charge >= 0.3 is 0 Å². The zero-order valence-electron chi connectivity index (χ0n) is 22.1. The van der Waals surface area contributed by atoms with Gasteiger partial charge in [-0.3, -0.25) is 13.9 Å². The number of aryl methyl sites for hydroxylation is 1. The van der Waals surface area contributed by atoms with Gasteiger partial charge in [-0.2, -0.15) is 0 Å². The van der Waals surface area contributed by atoms with Crippen LogP contribution < -0.4 is 9.62 Å². The number of sulfonamides is 1. The highest BCUT2D eigenvalue weighted by atomic mass is 35.5. The second kappa shape index (κ2) is 12.9. The number of benzene rings is 3. The van der Waals surface area contributed by atoms with Gasteiger partial charge in [0.2, 0.25) is 11.8 Å². The van der Waals surface area contributed by atoms with Crippen LogP contribution in [-0.2, 0) is 26.2 Å². The molecule has 0 saturated heterocycles. The van der Waals surface area contributed by atoms with E-state index in [0.29, 0.717) is 6.54 Å². The van der Waals surface area contributed by atoms with Crippen molar-refractivity contribution in [2.75, 3.05) is 17.4 Å². The second-order valence-electron chi connectivity index (χ2n) is 9.60. The van der Waals surface area contributed by atoms with Gasteiger partial charge in [0, 0.05) is 13.1 Å². The van der Waals surface area contributed by atoms with Gasteiger partial charge in [0.25, 0.3) is 10.0 Å². The number of carbonyl (C=O) groups is 2. The van der Waals surface area contributed by atoms with Gasteiger partial charge in [0.1, 0.15) is 12.6 Å². The molecule has 0 fully saturated rings. The smallest absolute Gasteiger partial charge is 0.264 e.